The first kappa shape index (κ1) is 14.3. The van der Waals surface area contributed by atoms with Gasteiger partial charge in [0, 0.05) is 5.41 Å². The summed E-state index contributed by atoms with van der Waals surface area (Å²) in [5.74, 6) is 0.0000543. The van der Waals surface area contributed by atoms with E-state index in [9.17, 15) is 4.39 Å². The lowest BCUT2D eigenvalue weighted by Crippen LogP contribution is -2.30. The molecule has 0 amide bonds. The van der Waals surface area contributed by atoms with Crippen molar-refractivity contribution in [2.75, 3.05) is 0 Å². The minimum absolute atomic E-state index is 0.0000543. The normalized spacial score (nSPS) is 20.3. The maximum absolute atomic E-state index is 14.4. The molecule has 0 aliphatic heterocycles. The third-order valence-electron chi connectivity index (χ3n) is 4.96. The van der Waals surface area contributed by atoms with Crippen molar-refractivity contribution in [1.82, 2.24) is 0 Å². The van der Waals surface area contributed by atoms with Crippen LogP contribution in [0.5, 0.6) is 0 Å². The average molecular weight is 282 g/mol. The third-order valence-corrected chi connectivity index (χ3v) is 4.96. The first-order chi connectivity index (χ1) is 9.96. The van der Waals surface area contributed by atoms with Gasteiger partial charge in [-0.25, -0.2) is 4.39 Å². The molecule has 0 N–H and O–H groups in total. The van der Waals surface area contributed by atoms with Gasteiger partial charge in [-0.05, 0) is 67.0 Å². The van der Waals surface area contributed by atoms with Gasteiger partial charge in [-0.2, -0.15) is 0 Å². The molecule has 21 heavy (non-hydrogen) atoms. The Morgan fingerprint density at radius 1 is 1.24 bits per heavy atom. The highest BCUT2D eigenvalue weighted by Crippen LogP contribution is 2.48. The van der Waals surface area contributed by atoms with Crippen LogP contribution in [0.15, 0.2) is 41.3 Å². The fraction of sp³-hybridized carbons (Fsp3) is 0.400. The minimum atomic E-state index is -0.242. The summed E-state index contributed by atoms with van der Waals surface area (Å²) in [4.78, 5) is 0. The van der Waals surface area contributed by atoms with Gasteiger partial charge in [0.15, 0.2) is 0 Å². The monoisotopic (exact) mass is 282 g/mol. The molecule has 0 nitrogen and oxygen atoms in total. The van der Waals surface area contributed by atoms with Crippen LogP contribution in [0.3, 0.4) is 0 Å². The molecular formula is C20H23F. The van der Waals surface area contributed by atoms with E-state index in [1.807, 2.05) is 0 Å². The van der Waals surface area contributed by atoms with Gasteiger partial charge in [-0.1, -0.05) is 43.7 Å². The summed E-state index contributed by atoms with van der Waals surface area (Å²) in [6.45, 7) is 8.54. The molecule has 0 spiro atoms. The molecule has 0 atom stereocenters. The van der Waals surface area contributed by atoms with Gasteiger partial charge in [-0.3, -0.25) is 0 Å². The second-order valence-electron chi connectivity index (χ2n) is 6.69. The number of halogens is 1. The zero-order valence-corrected chi connectivity index (χ0v) is 13.4. The van der Waals surface area contributed by atoms with Crippen LogP contribution in [-0.2, 0) is 11.8 Å². The van der Waals surface area contributed by atoms with Crippen molar-refractivity contribution in [3.63, 3.8) is 0 Å². The van der Waals surface area contributed by atoms with E-state index >= 15 is 0 Å². The first-order valence-corrected chi connectivity index (χ1v) is 7.81. The molecule has 1 aromatic rings. The van der Waals surface area contributed by atoms with Crippen LogP contribution in [0.1, 0.15) is 55.9 Å². The van der Waals surface area contributed by atoms with Crippen molar-refractivity contribution in [3.8, 4) is 0 Å². The van der Waals surface area contributed by atoms with Crippen molar-refractivity contribution < 1.29 is 4.39 Å². The van der Waals surface area contributed by atoms with E-state index in [2.05, 4.69) is 52.0 Å². The molecule has 3 rings (SSSR count). The van der Waals surface area contributed by atoms with Gasteiger partial charge in [0.1, 0.15) is 5.83 Å². The van der Waals surface area contributed by atoms with Crippen LogP contribution in [-0.4, -0.2) is 0 Å². The number of benzene rings is 1. The van der Waals surface area contributed by atoms with E-state index in [0.29, 0.717) is 0 Å². The largest absolute Gasteiger partial charge is 0.207 e. The number of hydrogen-bond acceptors (Lipinski definition) is 0. The van der Waals surface area contributed by atoms with E-state index in [4.69, 9.17) is 0 Å². The molecule has 0 heterocycles. The number of aryl methyl sites for hydroxylation is 1. The fourth-order valence-corrected chi connectivity index (χ4v) is 3.99. The summed E-state index contributed by atoms with van der Waals surface area (Å²) in [5.41, 5.74) is 7.30. The SMILES string of the molecule is C/C=C\c1c(C)ccc2c1CC1=C(C(F)=CCC1)C2(C)C. The summed E-state index contributed by atoms with van der Waals surface area (Å²) in [6, 6.07) is 4.37. The number of hydrogen-bond donors (Lipinski definition) is 0. The van der Waals surface area contributed by atoms with Crippen molar-refractivity contribution in [1.29, 1.82) is 0 Å². The van der Waals surface area contributed by atoms with Gasteiger partial charge in [0.05, 0.1) is 0 Å². The second-order valence-corrected chi connectivity index (χ2v) is 6.69. The Hall–Kier alpha value is -1.63. The van der Waals surface area contributed by atoms with Crippen molar-refractivity contribution in [2.45, 2.75) is 52.4 Å². The molecular weight excluding hydrogens is 259 g/mol. The molecule has 0 fully saturated rings. The molecule has 2 aliphatic carbocycles. The highest BCUT2D eigenvalue weighted by molar-refractivity contribution is 5.66. The maximum atomic E-state index is 14.4. The highest BCUT2D eigenvalue weighted by atomic mass is 19.1. The Morgan fingerprint density at radius 2 is 2.00 bits per heavy atom. The molecule has 1 aromatic carbocycles. The van der Waals surface area contributed by atoms with Crippen LogP contribution in [0, 0.1) is 6.92 Å². The maximum Gasteiger partial charge on any atom is 0.123 e. The van der Waals surface area contributed by atoms with Crippen LogP contribution in [0.2, 0.25) is 0 Å². The molecule has 1 heteroatoms. The van der Waals surface area contributed by atoms with E-state index in [1.54, 1.807) is 6.08 Å². The standard InChI is InChI=1S/C20H23F/c1-5-7-15-13(2)10-11-17-16(15)12-14-8-6-9-18(21)19(14)20(17,3)4/h5,7,9-11H,6,8,12H2,1-4H3/b7-5-. The summed E-state index contributed by atoms with van der Waals surface area (Å²) < 4.78 is 14.4. The second kappa shape index (κ2) is 4.98. The third kappa shape index (κ3) is 2.10. The Morgan fingerprint density at radius 3 is 2.71 bits per heavy atom. The average Bonchev–Trinajstić information content (AvgIpc) is 2.41. The summed E-state index contributed by atoms with van der Waals surface area (Å²) in [5, 5.41) is 0. The Balaban J connectivity index is 2.26. The summed E-state index contributed by atoms with van der Waals surface area (Å²) in [7, 11) is 0. The molecule has 110 valence electrons. The Bertz CT molecular complexity index is 684. The van der Waals surface area contributed by atoms with Crippen LogP contribution < -0.4 is 0 Å². The van der Waals surface area contributed by atoms with Crippen molar-refractivity contribution in [3.05, 3.63) is 63.5 Å². The zero-order valence-electron chi connectivity index (χ0n) is 13.4. The quantitative estimate of drug-likeness (QED) is 0.610. The lowest BCUT2D eigenvalue weighted by atomic mass is 9.65. The molecule has 0 bridgehead atoms. The van der Waals surface area contributed by atoms with Gasteiger partial charge in [0.25, 0.3) is 0 Å². The van der Waals surface area contributed by atoms with Gasteiger partial charge in [0.2, 0.25) is 0 Å². The zero-order chi connectivity index (χ0) is 15.2. The van der Waals surface area contributed by atoms with Crippen LogP contribution in [0.4, 0.5) is 4.39 Å². The van der Waals surface area contributed by atoms with Crippen LogP contribution >= 0.6 is 0 Å². The first-order valence-electron chi connectivity index (χ1n) is 7.81. The Kier molecular flexibility index (Phi) is 3.39. The lowest BCUT2D eigenvalue weighted by Gasteiger charge is -2.39. The van der Waals surface area contributed by atoms with E-state index in [1.165, 1.54) is 27.8 Å². The van der Waals surface area contributed by atoms with Gasteiger partial charge in [-0.15, -0.1) is 0 Å². The minimum Gasteiger partial charge on any atom is -0.207 e. The van der Waals surface area contributed by atoms with E-state index in [0.717, 1.165) is 24.8 Å². The van der Waals surface area contributed by atoms with Gasteiger partial charge < -0.3 is 0 Å². The fourth-order valence-electron chi connectivity index (χ4n) is 3.99. The summed E-state index contributed by atoms with van der Waals surface area (Å²) >= 11 is 0. The predicted octanol–water partition coefficient (Wildman–Crippen LogP) is 5.81. The molecule has 0 radical (unpaired) electrons. The molecule has 0 saturated heterocycles. The summed E-state index contributed by atoms with van der Waals surface area (Å²) in [6.07, 6.45) is 8.78. The molecule has 0 unspecified atom stereocenters. The molecule has 0 saturated carbocycles. The van der Waals surface area contributed by atoms with Gasteiger partial charge >= 0.3 is 0 Å². The highest BCUT2D eigenvalue weighted by Gasteiger charge is 2.38. The van der Waals surface area contributed by atoms with Crippen molar-refractivity contribution in [2.24, 2.45) is 0 Å². The number of allylic oxidation sites excluding steroid dienone is 5. The molecule has 2 aliphatic rings. The smallest absolute Gasteiger partial charge is 0.123 e. The number of fused-ring (bicyclic) bond motifs is 1. The molecule has 0 aromatic heterocycles. The Labute approximate surface area is 127 Å². The van der Waals surface area contributed by atoms with Crippen molar-refractivity contribution >= 4 is 6.08 Å². The number of rotatable bonds is 1. The van der Waals surface area contributed by atoms with E-state index < -0.39 is 0 Å². The topological polar surface area (TPSA) is 0 Å². The lowest BCUT2D eigenvalue weighted by molar-refractivity contribution is 0.517. The van der Waals surface area contributed by atoms with Crippen LogP contribution in [0.25, 0.3) is 6.08 Å². The van der Waals surface area contributed by atoms with E-state index in [-0.39, 0.29) is 11.2 Å². The predicted molar refractivity (Wildman–Crippen MR) is 88.1 cm³/mol.